The summed E-state index contributed by atoms with van der Waals surface area (Å²) in [6.45, 7) is 8.37. The van der Waals surface area contributed by atoms with Gasteiger partial charge in [-0.2, -0.15) is 5.10 Å². The average molecular weight is 289 g/mol. The first-order valence-corrected chi connectivity index (χ1v) is 7.72. The van der Waals surface area contributed by atoms with E-state index in [1.165, 1.54) is 16.8 Å². The van der Waals surface area contributed by atoms with E-state index in [9.17, 15) is 0 Å². The molecule has 1 aliphatic rings. The maximum Gasteiger partial charge on any atom is 0.0959 e. The van der Waals surface area contributed by atoms with E-state index >= 15 is 0 Å². The molecule has 2 heterocycles. The van der Waals surface area contributed by atoms with Gasteiger partial charge in [0.1, 0.15) is 0 Å². The van der Waals surface area contributed by atoms with Crippen molar-refractivity contribution < 1.29 is 0 Å². The molecule has 1 atom stereocenters. The molecule has 4 rings (SSSR count). The smallest absolute Gasteiger partial charge is 0.0959 e. The molecule has 2 aromatic heterocycles. The van der Waals surface area contributed by atoms with Crippen molar-refractivity contribution in [2.75, 3.05) is 0 Å². The summed E-state index contributed by atoms with van der Waals surface area (Å²) in [7, 11) is 0. The maximum atomic E-state index is 4.79. The molecule has 1 aromatic carbocycles. The van der Waals surface area contributed by atoms with Crippen molar-refractivity contribution in [1.82, 2.24) is 14.8 Å². The van der Waals surface area contributed by atoms with Gasteiger partial charge in [-0.15, -0.1) is 0 Å². The molecule has 110 valence electrons. The molecule has 3 nitrogen and oxygen atoms in total. The number of fused-ring (bicyclic) bond motifs is 2. The number of pyridine rings is 1. The van der Waals surface area contributed by atoms with Crippen LogP contribution < -0.4 is 0 Å². The van der Waals surface area contributed by atoms with Gasteiger partial charge in [0.25, 0.3) is 0 Å². The Kier molecular flexibility index (Phi) is 2.89. The Hall–Kier alpha value is -2.42. The molecule has 0 saturated carbocycles. The van der Waals surface area contributed by atoms with Gasteiger partial charge < -0.3 is 0 Å². The second kappa shape index (κ2) is 4.80. The minimum absolute atomic E-state index is 0.542. The lowest BCUT2D eigenvalue weighted by atomic mass is 9.99. The first-order valence-electron chi connectivity index (χ1n) is 7.72. The van der Waals surface area contributed by atoms with E-state index in [1.54, 1.807) is 0 Å². The number of hydrogen-bond donors (Lipinski definition) is 0. The normalized spacial score (nSPS) is 16.9. The van der Waals surface area contributed by atoms with Crippen molar-refractivity contribution in [3.63, 3.8) is 0 Å². The van der Waals surface area contributed by atoms with Crippen molar-refractivity contribution >= 4 is 10.9 Å². The predicted molar refractivity (Wildman–Crippen MR) is 89.3 cm³/mol. The van der Waals surface area contributed by atoms with Gasteiger partial charge in [0, 0.05) is 17.3 Å². The molecule has 0 saturated heterocycles. The lowest BCUT2D eigenvalue weighted by Gasteiger charge is -2.11. The van der Waals surface area contributed by atoms with Crippen LogP contribution in [0.5, 0.6) is 0 Å². The number of rotatable bonds is 2. The Balaban J connectivity index is 1.91. The van der Waals surface area contributed by atoms with Crippen molar-refractivity contribution in [1.29, 1.82) is 0 Å². The Morgan fingerprint density at radius 3 is 2.86 bits per heavy atom. The zero-order valence-electron chi connectivity index (χ0n) is 13.0. The number of para-hydroxylation sites is 1. The first-order chi connectivity index (χ1) is 10.6. The Morgan fingerprint density at radius 2 is 2.05 bits per heavy atom. The van der Waals surface area contributed by atoms with Crippen LogP contribution in [0.1, 0.15) is 23.9 Å². The summed E-state index contributed by atoms with van der Waals surface area (Å²) in [4.78, 5) is 4.57. The van der Waals surface area contributed by atoms with Gasteiger partial charge in [0.15, 0.2) is 0 Å². The molecule has 0 amide bonds. The van der Waals surface area contributed by atoms with Crippen molar-refractivity contribution in [2.45, 2.75) is 26.7 Å². The minimum Gasteiger partial charge on any atom is -0.254 e. The molecule has 0 N–H and O–H groups in total. The molecule has 1 aliphatic carbocycles. The van der Waals surface area contributed by atoms with Crippen LogP contribution in [0.15, 0.2) is 48.7 Å². The van der Waals surface area contributed by atoms with Crippen molar-refractivity contribution in [2.24, 2.45) is 5.92 Å². The van der Waals surface area contributed by atoms with Crippen LogP contribution in [-0.2, 0) is 12.8 Å². The zero-order valence-corrected chi connectivity index (χ0v) is 13.0. The highest BCUT2D eigenvalue weighted by Crippen LogP contribution is 2.35. The Bertz CT molecular complexity index is 884. The Labute approximate surface area is 130 Å². The Morgan fingerprint density at radius 1 is 1.23 bits per heavy atom. The molecule has 22 heavy (non-hydrogen) atoms. The summed E-state index contributed by atoms with van der Waals surface area (Å²) >= 11 is 0. The highest BCUT2D eigenvalue weighted by Gasteiger charge is 2.29. The third-order valence-electron chi connectivity index (χ3n) is 4.72. The molecule has 0 radical (unpaired) electrons. The molecular formula is C19H19N3. The van der Waals surface area contributed by atoms with Crippen LogP contribution in [0.4, 0.5) is 0 Å². The second-order valence-corrected chi connectivity index (χ2v) is 6.23. The quantitative estimate of drug-likeness (QED) is 0.667. The van der Waals surface area contributed by atoms with Gasteiger partial charge in [0.2, 0.25) is 0 Å². The van der Waals surface area contributed by atoms with E-state index in [0.29, 0.717) is 5.92 Å². The number of benzene rings is 1. The largest absolute Gasteiger partial charge is 0.254 e. The van der Waals surface area contributed by atoms with E-state index in [4.69, 9.17) is 5.10 Å². The third kappa shape index (κ3) is 1.89. The van der Waals surface area contributed by atoms with E-state index in [1.807, 2.05) is 12.3 Å². The van der Waals surface area contributed by atoms with Crippen LogP contribution in [0.3, 0.4) is 0 Å². The second-order valence-electron chi connectivity index (χ2n) is 6.23. The number of aryl methyl sites for hydroxylation is 1. The fraction of sp³-hybridized carbons (Fsp3) is 0.263. The lowest BCUT2D eigenvalue weighted by Crippen LogP contribution is -2.07. The molecule has 0 aliphatic heterocycles. The minimum atomic E-state index is 0.542. The third-order valence-corrected chi connectivity index (χ3v) is 4.72. The van der Waals surface area contributed by atoms with Gasteiger partial charge in [0.05, 0.1) is 16.9 Å². The van der Waals surface area contributed by atoms with Crippen molar-refractivity contribution in [3.8, 4) is 5.69 Å². The molecule has 0 spiro atoms. The highest BCUT2D eigenvalue weighted by atomic mass is 15.3. The van der Waals surface area contributed by atoms with Gasteiger partial charge in [-0.25, -0.2) is 4.68 Å². The zero-order chi connectivity index (χ0) is 15.3. The van der Waals surface area contributed by atoms with Gasteiger partial charge >= 0.3 is 0 Å². The molecule has 3 heteroatoms. The first kappa shape index (κ1) is 13.3. The predicted octanol–water partition coefficient (Wildman–Crippen LogP) is 4.02. The monoisotopic (exact) mass is 289 g/mol. The van der Waals surface area contributed by atoms with Crippen LogP contribution in [0, 0.1) is 12.8 Å². The fourth-order valence-corrected chi connectivity index (χ4v) is 3.44. The SMILES string of the molecule is C=C(C)[C@@H]1Cc2c(C)nn(-c3cccc4cccnc34)c2C1. The van der Waals surface area contributed by atoms with Crippen LogP contribution in [0.25, 0.3) is 16.6 Å². The molecular weight excluding hydrogens is 270 g/mol. The summed E-state index contributed by atoms with van der Waals surface area (Å²) in [6.07, 6.45) is 3.93. The number of nitrogens with zero attached hydrogens (tertiary/aromatic N) is 3. The van der Waals surface area contributed by atoms with E-state index < -0.39 is 0 Å². The number of allylic oxidation sites excluding steroid dienone is 1. The molecule has 0 bridgehead atoms. The summed E-state index contributed by atoms with van der Waals surface area (Å²) in [5, 5.41) is 5.94. The molecule has 0 unspecified atom stereocenters. The average Bonchev–Trinajstić information content (AvgIpc) is 3.08. The molecule has 3 aromatic rings. The summed E-state index contributed by atoms with van der Waals surface area (Å²) in [6, 6.07) is 10.4. The fourth-order valence-electron chi connectivity index (χ4n) is 3.44. The van der Waals surface area contributed by atoms with Gasteiger partial charge in [-0.1, -0.05) is 30.4 Å². The number of aromatic nitrogens is 3. The summed E-state index contributed by atoms with van der Waals surface area (Å²) < 4.78 is 2.10. The summed E-state index contributed by atoms with van der Waals surface area (Å²) in [5.41, 5.74) is 7.19. The molecule has 0 fully saturated rings. The van der Waals surface area contributed by atoms with Gasteiger partial charge in [-0.05, 0) is 50.3 Å². The van der Waals surface area contributed by atoms with E-state index in [0.717, 1.165) is 35.1 Å². The standard InChI is InChI=1S/C19H19N3/c1-12(2)15-10-16-13(3)21-22(18(16)11-15)17-8-4-6-14-7-5-9-20-19(14)17/h4-9,15H,1,10-11H2,2-3H3/t15-/m1/s1. The van der Waals surface area contributed by atoms with Crippen LogP contribution in [0.2, 0.25) is 0 Å². The highest BCUT2D eigenvalue weighted by molar-refractivity contribution is 5.86. The van der Waals surface area contributed by atoms with Crippen LogP contribution in [-0.4, -0.2) is 14.8 Å². The number of hydrogen-bond acceptors (Lipinski definition) is 2. The van der Waals surface area contributed by atoms with Crippen LogP contribution >= 0.6 is 0 Å². The van der Waals surface area contributed by atoms with Gasteiger partial charge in [-0.3, -0.25) is 4.98 Å². The summed E-state index contributed by atoms with van der Waals surface area (Å²) in [5.74, 6) is 0.542. The maximum absolute atomic E-state index is 4.79. The van der Waals surface area contributed by atoms with E-state index in [2.05, 4.69) is 54.4 Å². The van der Waals surface area contributed by atoms with E-state index in [-0.39, 0.29) is 0 Å². The lowest BCUT2D eigenvalue weighted by molar-refractivity contribution is 0.632. The van der Waals surface area contributed by atoms with Crippen molar-refractivity contribution in [3.05, 3.63) is 65.6 Å². The topological polar surface area (TPSA) is 30.7 Å².